The molecule has 2 aliphatic rings. The second kappa shape index (κ2) is 11.5. The van der Waals surface area contributed by atoms with Gasteiger partial charge in [0.1, 0.15) is 28.5 Å². The summed E-state index contributed by atoms with van der Waals surface area (Å²) >= 11 is 0. The fourth-order valence-corrected chi connectivity index (χ4v) is 9.36. The maximum atomic E-state index is 14.3. The number of nitrogens with zero attached hydrogens (tertiary/aromatic N) is 1. The first kappa shape index (κ1) is 31.9. The zero-order chi connectivity index (χ0) is 32.0. The Morgan fingerprint density at radius 3 is 2.18 bits per heavy atom. The molecule has 2 saturated heterocycles. The van der Waals surface area contributed by atoms with Crippen molar-refractivity contribution in [3.8, 4) is 5.75 Å². The third kappa shape index (κ3) is 5.94. The Morgan fingerprint density at radius 2 is 1.57 bits per heavy atom. The molecular formula is C30H29F4NO7S2. The van der Waals surface area contributed by atoms with Crippen LogP contribution in [0, 0.1) is 5.82 Å². The quantitative estimate of drug-likeness (QED) is 0.378. The summed E-state index contributed by atoms with van der Waals surface area (Å²) in [6.45, 7) is -1.10. The lowest BCUT2D eigenvalue weighted by Crippen LogP contribution is -2.53. The number of sulfone groups is 2. The van der Waals surface area contributed by atoms with E-state index in [4.69, 9.17) is 4.74 Å². The zero-order valence-electron chi connectivity index (χ0n) is 23.3. The second-order valence-corrected chi connectivity index (χ2v) is 15.6. The molecule has 8 nitrogen and oxygen atoms in total. The molecule has 236 valence electrons. The van der Waals surface area contributed by atoms with E-state index in [1.54, 1.807) is 18.2 Å². The van der Waals surface area contributed by atoms with E-state index in [9.17, 15) is 44.3 Å². The predicted molar refractivity (Wildman–Crippen MR) is 152 cm³/mol. The van der Waals surface area contributed by atoms with Crippen LogP contribution in [0.2, 0.25) is 0 Å². The minimum absolute atomic E-state index is 0.00340. The summed E-state index contributed by atoms with van der Waals surface area (Å²) in [6.07, 6.45) is -5.44. The average Bonchev–Trinajstić information content (AvgIpc) is 3.45. The van der Waals surface area contributed by atoms with E-state index in [2.05, 4.69) is 0 Å². The Morgan fingerprint density at radius 1 is 0.932 bits per heavy atom. The molecule has 5 rings (SSSR count). The van der Waals surface area contributed by atoms with Gasteiger partial charge in [-0.1, -0.05) is 36.4 Å². The fraction of sp³-hybridized carbons (Fsp3) is 0.367. The molecule has 1 N–H and O–H groups in total. The Bertz CT molecular complexity index is 1750. The van der Waals surface area contributed by atoms with Gasteiger partial charge in [0.25, 0.3) is 5.91 Å². The highest BCUT2D eigenvalue weighted by atomic mass is 32.2. The molecule has 0 spiro atoms. The van der Waals surface area contributed by atoms with Crippen LogP contribution in [0.4, 0.5) is 17.6 Å². The summed E-state index contributed by atoms with van der Waals surface area (Å²) in [4.78, 5) is 14.7. The third-order valence-electron chi connectivity index (χ3n) is 8.33. The number of benzene rings is 3. The number of ether oxygens (including phenoxy) is 1. The standard InChI is InChI=1S/C30H29F4NO7S2/c31-26-8-4-7-25(30(32,33)34)24(26)19-42-22-11-9-21(10-12-22)29(44(40,41)23-5-2-1-3-6-23)13-16-35(20-29)27(36)28(37)14-17-43(38,39)18-15-28/h1-12,37H,13-20H2/t29-/m0/s1. The third-order valence-corrected chi connectivity index (χ3v) is 12.5. The molecule has 0 saturated carbocycles. The lowest BCUT2D eigenvalue weighted by molar-refractivity contribution is -0.151. The van der Waals surface area contributed by atoms with E-state index in [1.165, 1.54) is 41.3 Å². The van der Waals surface area contributed by atoms with Gasteiger partial charge in [-0.3, -0.25) is 4.79 Å². The molecular weight excluding hydrogens is 626 g/mol. The largest absolute Gasteiger partial charge is 0.489 e. The SMILES string of the molecule is O=C(N1CC[C@](c2ccc(OCc3c(F)cccc3C(F)(F)F)cc2)(S(=O)(=O)c2ccccc2)C1)C1(O)CCS(=O)(=O)CC1. The van der Waals surface area contributed by atoms with Crippen LogP contribution in [0.5, 0.6) is 5.75 Å². The molecule has 14 heteroatoms. The Balaban J connectivity index is 1.45. The van der Waals surface area contributed by atoms with Crippen LogP contribution >= 0.6 is 0 Å². The lowest BCUT2D eigenvalue weighted by Gasteiger charge is -2.35. The van der Waals surface area contributed by atoms with Crippen molar-refractivity contribution in [2.75, 3.05) is 24.6 Å². The van der Waals surface area contributed by atoms with Crippen molar-refractivity contribution in [3.63, 3.8) is 0 Å². The van der Waals surface area contributed by atoms with Gasteiger partial charge in [-0.05, 0) is 61.2 Å². The molecule has 2 aliphatic heterocycles. The van der Waals surface area contributed by atoms with Crippen LogP contribution < -0.4 is 4.74 Å². The maximum absolute atomic E-state index is 14.3. The molecule has 3 aromatic rings. The van der Waals surface area contributed by atoms with Gasteiger partial charge in [-0.2, -0.15) is 13.2 Å². The Kier molecular flexibility index (Phi) is 8.31. The molecule has 0 radical (unpaired) electrons. The summed E-state index contributed by atoms with van der Waals surface area (Å²) in [6, 6.07) is 15.8. The normalized spacial score (nSPS) is 21.6. The van der Waals surface area contributed by atoms with Gasteiger partial charge in [-0.25, -0.2) is 21.2 Å². The first-order chi connectivity index (χ1) is 20.6. The van der Waals surface area contributed by atoms with Crippen molar-refractivity contribution in [2.24, 2.45) is 0 Å². The topological polar surface area (TPSA) is 118 Å². The van der Waals surface area contributed by atoms with Crippen LogP contribution in [-0.2, 0) is 42.0 Å². The maximum Gasteiger partial charge on any atom is 0.416 e. The van der Waals surface area contributed by atoms with E-state index in [1.807, 2.05) is 0 Å². The molecule has 1 amide bonds. The highest BCUT2D eigenvalue weighted by molar-refractivity contribution is 7.92. The molecule has 0 unspecified atom stereocenters. The number of rotatable bonds is 7. The minimum Gasteiger partial charge on any atom is -0.489 e. The van der Waals surface area contributed by atoms with Crippen LogP contribution in [-0.4, -0.2) is 62.9 Å². The number of hydrogen-bond acceptors (Lipinski definition) is 7. The van der Waals surface area contributed by atoms with Crippen LogP contribution in [0.1, 0.15) is 36.0 Å². The van der Waals surface area contributed by atoms with Crippen LogP contribution in [0.15, 0.2) is 77.7 Å². The van der Waals surface area contributed by atoms with Crippen molar-refractivity contribution in [3.05, 3.63) is 95.3 Å². The van der Waals surface area contributed by atoms with Crippen LogP contribution in [0.25, 0.3) is 0 Å². The molecule has 44 heavy (non-hydrogen) atoms. The van der Waals surface area contributed by atoms with Crippen molar-refractivity contribution in [1.29, 1.82) is 0 Å². The van der Waals surface area contributed by atoms with Crippen molar-refractivity contribution in [2.45, 2.75) is 47.3 Å². The highest BCUT2D eigenvalue weighted by Crippen LogP contribution is 2.45. The van der Waals surface area contributed by atoms with Crippen LogP contribution in [0.3, 0.4) is 0 Å². The molecule has 2 fully saturated rings. The minimum atomic E-state index is -4.80. The monoisotopic (exact) mass is 655 g/mol. The summed E-state index contributed by atoms with van der Waals surface area (Å²) in [5.74, 6) is -2.51. The van der Waals surface area contributed by atoms with Gasteiger partial charge >= 0.3 is 6.18 Å². The molecule has 1 atom stereocenters. The van der Waals surface area contributed by atoms with Crippen molar-refractivity contribution >= 4 is 25.6 Å². The summed E-state index contributed by atoms with van der Waals surface area (Å²) in [7, 11) is -7.56. The Labute approximate surface area is 252 Å². The number of aliphatic hydroxyl groups is 1. The van der Waals surface area contributed by atoms with Gasteiger partial charge in [-0.15, -0.1) is 0 Å². The number of hydrogen-bond donors (Lipinski definition) is 1. The molecule has 0 aliphatic carbocycles. The molecule has 2 heterocycles. The second-order valence-electron chi connectivity index (χ2n) is 11.0. The van der Waals surface area contributed by atoms with Gasteiger partial charge in [0.15, 0.2) is 19.7 Å². The van der Waals surface area contributed by atoms with E-state index in [0.717, 1.165) is 18.2 Å². The Hall–Kier alpha value is -3.49. The van der Waals surface area contributed by atoms with Gasteiger partial charge < -0.3 is 14.7 Å². The first-order valence-corrected chi connectivity index (χ1v) is 17.0. The van der Waals surface area contributed by atoms with E-state index in [-0.39, 0.29) is 60.1 Å². The number of carbonyl (C=O) groups excluding carboxylic acids is 1. The lowest BCUT2D eigenvalue weighted by atomic mass is 9.94. The zero-order valence-corrected chi connectivity index (χ0v) is 24.9. The highest BCUT2D eigenvalue weighted by Gasteiger charge is 2.55. The van der Waals surface area contributed by atoms with Gasteiger partial charge in [0, 0.05) is 18.7 Å². The molecule has 3 aromatic carbocycles. The van der Waals surface area contributed by atoms with E-state index >= 15 is 0 Å². The number of amides is 1. The average molecular weight is 656 g/mol. The van der Waals surface area contributed by atoms with Crippen molar-refractivity contribution < 1.29 is 49.0 Å². The predicted octanol–water partition coefficient (Wildman–Crippen LogP) is 4.26. The number of carbonyl (C=O) groups is 1. The first-order valence-electron chi connectivity index (χ1n) is 13.7. The van der Waals surface area contributed by atoms with Crippen molar-refractivity contribution in [1.82, 2.24) is 4.90 Å². The smallest absolute Gasteiger partial charge is 0.416 e. The number of halogens is 4. The summed E-state index contributed by atoms with van der Waals surface area (Å²) in [5.41, 5.74) is -3.53. The molecule has 0 aromatic heterocycles. The number of alkyl halides is 3. The summed E-state index contributed by atoms with van der Waals surface area (Å²) in [5, 5.41) is 11.1. The van der Waals surface area contributed by atoms with Gasteiger partial charge in [0.2, 0.25) is 0 Å². The fourth-order valence-electron chi connectivity index (χ4n) is 5.76. The van der Waals surface area contributed by atoms with E-state index < -0.39 is 65.7 Å². The number of likely N-dealkylation sites (tertiary alicyclic amines) is 1. The van der Waals surface area contributed by atoms with Gasteiger partial charge in [0.05, 0.1) is 22.0 Å². The molecule has 0 bridgehead atoms. The van der Waals surface area contributed by atoms with E-state index in [0.29, 0.717) is 0 Å². The summed E-state index contributed by atoms with van der Waals surface area (Å²) < 4.78 is 110.